The second-order valence-electron chi connectivity index (χ2n) is 8.46. The molecular formula is C24H28N2O6S. The summed E-state index contributed by atoms with van der Waals surface area (Å²) in [6, 6.07) is 11.6. The van der Waals surface area contributed by atoms with Gasteiger partial charge in [0.1, 0.15) is 17.4 Å². The Morgan fingerprint density at radius 3 is 2.42 bits per heavy atom. The Kier molecular flexibility index (Phi) is 7.53. The molecular weight excluding hydrogens is 444 g/mol. The Balaban J connectivity index is 1.96. The molecule has 0 aliphatic carbocycles. The third kappa shape index (κ3) is 6.19. The minimum absolute atomic E-state index is 0.244. The molecule has 0 aromatic heterocycles. The zero-order valence-corrected chi connectivity index (χ0v) is 20.2. The molecule has 1 heterocycles. The first-order valence-corrected chi connectivity index (χ1v) is 11.4. The maximum Gasteiger partial charge on any atom is 0.408 e. The lowest BCUT2D eigenvalue weighted by Gasteiger charge is -2.27. The second kappa shape index (κ2) is 10.2. The van der Waals surface area contributed by atoms with Crippen LogP contribution in [0.4, 0.5) is 10.5 Å². The predicted octanol–water partition coefficient (Wildman–Crippen LogP) is 4.01. The van der Waals surface area contributed by atoms with E-state index in [1.54, 1.807) is 51.0 Å². The third-order valence-electron chi connectivity index (χ3n) is 4.83. The van der Waals surface area contributed by atoms with E-state index >= 15 is 0 Å². The lowest BCUT2D eigenvalue weighted by atomic mass is 10.1. The van der Waals surface area contributed by atoms with Crippen LogP contribution in [0.25, 0.3) is 0 Å². The lowest BCUT2D eigenvalue weighted by Crippen LogP contribution is -2.50. The molecule has 9 heteroatoms. The number of carbonyl (C=O) groups excluding carboxylic acids is 3. The van der Waals surface area contributed by atoms with Crippen molar-refractivity contribution in [1.82, 2.24) is 5.32 Å². The molecule has 2 aromatic carbocycles. The molecule has 2 aromatic rings. The fourth-order valence-corrected chi connectivity index (χ4v) is 4.33. The number of amides is 2. The molecule has 2 amide bonds. The molecule has 1 aliphatic rings. The van der Waals surface area contributed by atoms with Gasteiger partial charge in [-0.05, 0) is 56.7 Å². The number of fused-ring (bicyclic) bond motifs is 1. The molecule has 0 spiro atoms. The van der Waals surface area contributed by atoms with Crippen LogP contribution < -0.4 is 15.0 Å². The fourth-order valence-electron chi connectivity index (χ4n) is 3.28. The van der Waals surface area contributed by atoms with Gasteiger partial charge in [-0.25, -0.2) is 9.59 Å². The summed E-state index contributed by atoms with van der Waals surface area (Å²) in [7, 11) is 2.89. The molecule has 1 aliphatic heterocycles. The van der Waals surface area contributed by atoms with Gasteiger partial charge in [0.25, 0.3) is 5.91 Å². The molecule has 8 nitrogen and oxygen atoms in total. The fraction of sp³-hybridized carbons (Fsp3) is 0.375. The Hall–Kier alpha value is -3.20. The smallest absolute Gasteiger partial charge is 0.408 e. The number of methoxy groups -OCH3 is 2. The van der Waals surface area contributed by atoms with Crippen molar-refractivity contribution in [2.45, 2.75) is 43.9 Å². The summed E-state index contributed by atoms with van der Waals surface area (Å²) in [6.07, 6.45) is -0.660. The lowest BCUT2D eigenvalue weighted by molar-refractivity contribution is -0.120. The average molecular weight is 473 g/mol. The highest BCUT2D eigenvalue weighted by atomic mass is 32.2. The van der Waals surface area contributed by atoms with Crippen molar-refractivity contribution in [2.24, 2.45) is 0 Å². The van der Waals surface area contributed by atoms with Gasteiger partial charge < -0.3 is 24.4 Å². The van der Waals surface area contributed by atoms with Crippen LogP contribution in [0, 0.1) is 0 Å². The number of ether oxygens (including phenoxy) is 3. The van der Waals surface area contributed by atoms with Gasteiger partial charge >= 0.3 is 12.1 Å². The molecule has 1 N–H and O–H groups in total. The first kappa shape index (κ1) is 24.4. The molecule has 33 heavy (non-hydrogen) atoms. The number of anilines is 1. The highest BCUT2D eigenvalue weighted by molar-refractivity contribution is 7.99. The normalized spacial score (nSPS) is 15.8. The maximum absolute atomic E-state index is 13.6. The van der Waals surface area contributed by atoms with Crippen molar-refractivity contribution >= 4 is 35.4 Å². The molecule has 0 radical (unpaired) electrons. The van der Waals surface area contributed by atoms with E-state index in [1.165, 1.54) is 18.9 Å². The zero-order chi connectivity index (χ0) is 24.2. The third-order valence-corrected chi connectivity index (χ3v) is 5.99. The molecule has 0 saturated carbocycles. The van der Waals surface area contributed by atoms with Crippen LogP contribution >= 0.6 is 11.8 Å². The number of hydrogen-bond acceptors (Lipinski definition) is 7. The number of rotatable bonds is 5. The van der Waals surface area contributed by atoms with Crippen molar-refractivity contribution in [2.75, 3.05) is 24.9 Å². The van der Waals surface area contributed by atoms with Crippen LogP contribution in [0.1, 0.15) is 36.7 Å². The second-order valence-corrected chi connectivity index (χ2v) is 9.52. The molecule has 176 valence electrons. The first-order chi connectivity index (χ1) is 15.6. The maximum atomic E-state index is 13.6. The van der Waals surface area contributed by atoms with Crippen LogP contribution in [0.3, 0.4) is 0 Å². The summed E-state index contributed by atoms with van der Waals surface area (Å²) < 4.78 is 15.4. The zero-order valence-electron chi connectivity index (χ0n) is 19.3. The number of nitrogens with one attached hydrogen (secondary N) is 1. The highest BCUT2D eigenvalue weighted by Crippen LogP contribution is 2.36. The topological polar surface area (TPSA) is 94.2 Å². The number of esters is 1. The van der Waals surface area contributed by atoms with Crippen LogP contribution in [0.2, 0.25) is 0 Å². The van der Waals surface area contributed by atoms with Gasteiger partial charge in [0.05, 0.1) is 32.0 Å². The predicted molar refractivity (Wildman–Crippen MR) is 126 cm³/mol. The van der Waals surface area contributed by atoms with Gasteiger partial charge in [-0.15, -0.1) is 11.8 Å². The van der Waals surface area contributed by atoms with E-state index < -0.39 is 23.7 Å². The summed E-state index contributed by atoms with van der Waals surface area (Å²) in [5.41, 5.74) is 1.09. The monoisotopic (exact) mass is 472 g/mol. The number of alkyl carbamates (subject to hydrolysis) is 1. The molecule has 0 saturated heterocycles. The molecule has 0 fully saturated rings. The molecule has 0 unspecified atom stereocenters. The van der Waals surface area contributed by atoms with Crippen molar-refractivity contribution in [3.05, 3.63) is 53.6 Å². The van der Waals surface area contributed by atoms with E-state index in [2.05, 4.69) is 5.32 Å². The summed E-state index contributed by atoms with van der Waals surface area (Å²) in [4.78, 5) is 40.5. The Morgan fingerprint density at radius 1 is 1.12 bits per heavy atom. The van der Waals surface area contributed by atoms with Crippen LogP contribution in [0.5, 0.6) is 5.75 Å². The van der Waals surface area contributed by atoms with E-state index in [0.29, 0.717) is 22.8 Å². The van der Waals surface area contributed by atoms with Gasteiger partial charge in [0.15, 0.2) is 0 Å². The number of benzene rings is 2. The van der Waals surface area contributed by atoms with Crippen molar-refractivity contribution in [3.8, 4) is 5.75 Å². The minimum Gasteiger partial charge on any atom is -0.497 e. The summed E-state index contributed by atoms with van der Waals surface area (Å²) in [6.45, 7) is 5.52. The van der Waals surface area contributed by atoms with Crippen molar-refractivity contribution in [1.29, 1.82) is 0 Å². The quantitative estimate of drug-likeness (QED) is 0.657. The van der Waals surface area contributed by atoms with E-state index in [1.807, 2.05) is 24.3 Å². The first-order valence-electron chi connectivity index (χ1n) is 10.4. The Bertz CT molecular complexity index is 1030. The van der Waals surface area contributed by atoms with Gasteiger partial charge in [-0.1, -0.05) is 12.1 Å². The van der Waals surface area contributed by atoms with Gasteiger partial charge in [0.2, 0.25) is 0 Å². The molecule has 1 atom stereocenters. The van der Waals surface area contributed by atoms with Gasteiger partial charge in [-0.2, -0.15) is 0 Å². The minimum atomic E-state index is -0.808. The molecule has 3 rings (SSSR count). The summed E-state index contributed by atoms with van der Waals surface area (Å²) in [5, 5.41) is 2.70. The number of thioether (sulfide) groups is 1. The van der Waals surface area contributed by atoms with E-state index in [4.69, 9.17) is 14.2 Å². The Labute approximate surface area is 197 Å². The van der Waals surface area contributed by atoms with E-state index in [-0.39, 0.29) is 12.5 Å². The Morgan fingerprint density at radius 2 is 1.82 bits per heavy atom. The van der Waals surface area contributed by atoms with Crippen LogP contribution in [0.15, 0.2) is 47.4 Å². The standard InChI is InChI=1S/C24H28N2O6S/c1-24(2,3)32-23(29)25-18-14-33-20-11-8-16(22(28)31-5)12-19(20)26(21(18)27)13-15-6-9-17(30-4)10-7-15/h6-12,18H,13-14H2,1-5H3,(H,25,29)/t18-/m0/s1. The van der Waals surface area contributed by atoms with Gasteiger partial charge in [-0.3, -0.25) is 4.79 Å². The SMILES string of the molecule is COC(=O)c1ccc2c(c1)N(Cc1ccc(OC)cc1)C(=O)[C@@H](NC(=O)OC(C)(C)C)CS2. The van der Waals surface area contributed by atoms with Crippen molar-refractivity contribution < 1.29 is 28.6 Å². The highest BCUT2D eigenvalue weighted by Gasteiger charge is 2.33. The number of nitrogens with zero attached hydrogens (tertiary/aromatic N) is 1. The molecule has 0 bridgehead atoms. The average Bonchev–Trinajstić information content (AvgIpc) is 2.89. The van der Waals surface area contributed by atoms with E-state index in [0.717, 1.165) is 10.5 Å². The number of hydrogen-bond donors (Lipinski definition) is 1. The van der Waals surface area contributed by atoms with Crippen LogP contribution in [-0.2, 0) is 20.8 Å². The largest absolute Gasteiger partial charge is 0.497 e. The number of carbonyl (C=O) groups is 3. The van der Waals surface area contributed by atoms with Crippen LogP contribution in [-0.4, -0.2) is 49.6 Å². The summed E-state index contributed by atoms with van der Waals surface area (Å²) >= 11 is 1.42. The van der Waals surface area contributed by atoms with Gasteiger partial charge in [0, 0.05) is 10.6 Å². The van der Waals surface area contributed by atoms with Crippen molar-refractivity contribution in [3.63, 3.8) is 0 Å². The summed E-state index contributed by atoms with van der Waals surface area (Å²) in [5.74, 6) is 0.230. The van der Waals surface area contributed by atoms with E-state index in [9.17, 15) is 14.4 Å².